The van der Waals surface area contributed by atoms with Gasteiger partial charge in [-0.3, -0.25) is 14.5 Å². The molecule has 170 valence electrons. The van der Waals surface area contributed by atoms with Gasteiger partial charge in [0.1, 0.15) is 28.9 Å². The SMILES string of the molecule is COc1cccc(OC)c1/C(O)=C1\C(=O)C(=O)N(c2ccc(F)c(F)c2)C1c1sccc1C. The first-order valence-electron chi connectivity index (χ1n) is 9.81. The molecular formula is C24H19F2NO5S. The molecule has 1 saturated heterocycles. The number of nitrogens with zero attached hydrogens (tertiary/aromatic N) is 1. The van der Waals surface area contributed by atoms with Gasteiger partial charge < -0.3 is 14.6 Å². The summed E-state index contributed by atoms with van der Waals surface area (Å²) >= 11 is 1.27. The fourth-order valence-electron chi connectivity index (χ4n) is 3.87. The van der Waals surface area contributed by atoms with Crippen LogP contribution in [-0.4, -0.2) is 31.0 Å². The Bertz CT molecular complexity index is 1280. The standard InChI is InChI=1S/C24H19F2NO5S/c1-12-9-10-33-23(12)20-19(21(28)18-16(31-2)5-4-6-17(18)32-3)22(29)24(30)27(20)13-7-8-14(25)15(26)11-13/h4-11,20,28H,1-3H3/b21-19+. The number of benzene rings is 2. The van der Waals surface area contributed by atoms with Crippen LogP contribution in [0.3, 0.4) is 0 Å². The van der Waals surface area contributed by atoms with E-state index >= 15 is 0 Å². The van der Waals surface area contributed by atoms with Gasteiger partial charge in [0.15, 0.2) is 11.6 Å². The molecule has 0 bridgehead atoms. The van der Waals surface area contributed by atoms with Crippen molar-refractivity contribution in [2.24, 2.45) is 0 Å². The molecule has 2 heterocycles. The molecule has 1 fully saturated rings. The molecule has 9 heteroatoms. The number of hydrogen-bond donors (Lipinski definition) is 1. The average molecular weight is 471 g/mol. The number of Topliss-reactive ketones (excluding diaryl/α,β-unsaturated/α-hetero) is 1. The topological polar surface area (TPSA) is 76.1 Å². The van der Waals surface area contributed by atoms with E-state index in [4.69, 9.17) is 9.47 Å². The third-order valence-corrected chi connectivity index (χ3v) is 6.51. The predicted molar refractivity (Wildman–Crippen MR) is 120 cm³/mol. The van der Waals surface area contributed by atoms with Crippen LogP contribution in [0.15, 0.2) is 53.4 Å². The molecule has 1 amide bonds. The first-order valence-corrected chi connectivity index (χ1v) is 10.7. The number of amides is 1. The largest absolute Gasteiger partial charge is 0.506 e. The average Bonchev–Trinajstić information content (AvgIpc) is 3.34. The van der Waals surface area contributed by atoms with Crippen LogP contribution in [0, 0.1) is 18.6 Å². The minimum atomic E-state index is -1.16. The molecule has 1 aliphatic heterocycles. The second kappa shape index (κ2) is 8.67. The third-order valence-electron chi connectivity index (χ3n) is 5.44. The fraction of sp³-hybridized carbons (Fsp3) is 0.167. The number of ether oxygens (including phenoxy) is 2. The number of aliphatic hydroxyl groups excluding tert-OH is 1. The highest BCUT2D eigenvalue weighted by Gasteiger charge is 2.48. The summed E-state index contributed by atoms with van der Waals surface area (Å²) in [6.45, 7) is 1.79. The molecule has 1 N–H and O–H groups in total. The van der Waals surface area contributed by atoms with Gasteiger partial charge in [0.2, 0.25) is 0 Å². The van der Waals surface area contributed by atoms with Crippen LogP contribution >= 0.6 is 11.3 Å². The number of thiophene rings is 1. The van der Waals surface area contributed by atoms with E-state index in [0.717, 1.165) is 22.6 Å². The first-order chi connectivity index (χ1) is 15.8. The summed E-state index contributed by atoms with van der Waals surface area (Å²) in [4.78, 5) is 28.0. The Kier molecular flexibility index (Phi) is 5.90. The molecule has 2 aromatic carbocycles. The summed E-state index contributed by atoms with van der Waals surface area (Å²) in [5, 5.41) is 13.1. The first kappa shape index (κ1) is 22.5. The van der Waals surface area contributed by atoms with Crippen LogP contribution in [0.25, 0.3) is 5.76 Å². The molecule has 6 nitrogen and oxygen atoms in total. The maximum atomic E-state index is 14.0. The zero-order chi connectivity index (χ0) is 23.9. The van der Waals surface area contributed by atoms with Crippen molar-refractivity contribution in [2.75, 3.05) is 19.1 Å². The molecule has 0 saturated carbocycles. The van der Waals surface area contributed by atoms with E-state index in [-0.39, 0.29) is 28.3 Å². The molecule has 1 atom stereocenters. The monoisotopic (exact) mass is 471 g/mol. The number of carbonyl (C=O) groups is 2. The van der Waals surface area contributed by atoms with Crippen LogP contribution in [0.2, 0.25) is 0 Å². The van der Waals surface area contributed by atoms with E-state index in [1.807, 2.05) is 0 Å². The Labute approximate surface area is 192 Å². The second-order valence-electron chi connectivity index (χ2n) is 7.27. The Morgan fingerprint density at radius 1 is 1.03 bits per heavy atom. The highest BCUT2D eigenvalue weighted by atomic mass is 32.1. The molecule has 0 aliphatic carbocycles. The number of hydrogen-bond acceptors (Lipinski definition) is 6. The van der Waals surface area contributed by atoms with Crippen molar-refractivity contribution in [2.45, 2.75) is 13.0 Å². The molecule has 33 heavy (non-hydrogen) atoms. The van der Waals surface area contributed by atoms with E-state index in [9.17, 15) is 23.5 Å². The molecule has 1 aliphatic rings. The fourth-order valence-corrected chi connectivity index (χ4v) is 4.89. The maximum Gasteiger partial charge on any atom is 0.300 e. The lowest BCUT2D eigenvalue weighted by Gasteiger charge is -2.25. The number of rotatable bonds is 5. The van der Waals surface area contributed by atoms with Crippen LogP contribution in [0.4, 0.5) is 14.5 Å². The van der Waals surface area contributed by atoms with Gasteiger partial charge in [-0.2, -0.15) is 0 Å². The van der Waals surface area contributed by atoms with Gasteiger partial charge in [0.25, 0.3) is 11.7 Å². The Hall–Kier alpha value is -3.72. The van der Waals surface area contributed by atoms with E-state index in [1.165, 1.54) is 31.6 Å². The number of anilines is 1. The number of carbonyl (C=O) groups excluding carboxylic acids is 2. The van der Waals surface area contributed by atoms with Crippen molar-refractivity contribution in [3.63, 3.8) is 0 Å². The van der Waals surface area contributed by atoms with Crippen molar-refractivity contribution in [3.05, 3.63) is 81.1 Å². The van der Waals surface area contributed by atoms with Crippen LogP contribution in [0.1, 0.15) is 22.0 Å². The van der Waals surface area contributed by atoms with E-state index < -0.39 is 35.1 Å². The highest BCUT2D eigenvalue weighted by molar-refractivity contribution is 7.10. The molecule has 1 unspecified atom stereocenters. The lowest BCUT2D eigenvalue weighted by Crippen LogP contribution is -2.29. The molecule has 0 radical (unpaired) electrons. The quantitative estimate of drug-likeness (QED) is 0.323. The summed E-state index contributed by atoms with van der Waals surface area (Å²) in [7, 11) is 2.79. The van der Waals surface area contributed by atoms with Gasteiger partial charge in [-0.25, -0.2) is 8.78 Å². The number of halogens is 2. The normalized spacial score (nSPS) is 17.5. The van der Waals surface area contributed by atoms with Gasteiger partial charge >= 0.3 is 0 Å². The van der Waals surface area contributed by atoms with E-state index in [0.29, 0.717) is 4.88 Å². The minimum Gasteiger partial charge on any atom is -0.506 e. The third kappa shape index (κ3) is 3.64. The molecular weight excluding hydrogens is 452 g/mol. The van der Waals surface area contributed by atoms with E-state index in [1.54, 1.807) is 36.6 Å². The lowest BCUT2D eigenvalue weighted by atomic mass is 9.97. The minimum absolute atomic E-state index is 0.0140. The Morgan fingerprint density at radius 2 is 1.70 bits per heavy atom. The van der Waals surface area contributed by atoms with Crippen molar-refractivity contribution in [1.82, 2.24) is 0 Å². The lowest BCUT2D eigenvalue weighted by molar-refractivity contribution is -0.132. The zero-order valence-corrected chi connectivity index (χ0v) is 18.7. The predicted octanol–water partition coefficient (Wildman–Crippen LogP) is 4.98. The van der Waals surface area contributed by atoms with Gasteiger partial charge in [-0.05, 0) is 48.2 Å². The van der Waals surface area contributed by atoms with Crippen molar-refractivity contribution < 1.29 is 33.0 Å². The van der Waals surface area contributed by atoms with Crippen LogP contribution in [-0.2, 0) is 9.59 Å². The van der Waals surface area contributed by atoms with Gasteiger partial charge in [0.05, 0.1) is 19.8 Å². The van der Waals surface area contributed by atoms with Gasteiger partial charge in [-0.1, -0.05) is 6.07 Å². The summed E-state index contributed by atoms with van der Waals surface area (Å²) in [5.41, 5.74) is 0.639. The smallest absolute Gasteiger partial charge is 0.300 e. The summed E-state index contributed by atoms with van der Waals surface area (Å²) in [5.74, 6) is -4.23. The van der Waals surface area contributed by atoms with E-state index in [2.05, 4.69) is 0 Å². The number of aryl methyl sites for hydroxylation is 1. The zero-order valence-electron chi connectivity index (χ0n) is 17.9. The van der Waals surface area contributed by atoms with Crippen molar-refractivity contribution in [1.29, 1.82) is 0 Å². The summed E-state index contributed by atoms with van der Waals surface area (Å²) in [6.07, 6.45) is 0. The molecule has 4 rings (SSSR count). The van der Waals surface area contributed by atoms with Crippen molar-refractivity contribution >= 4 is 34.5 Å². The highest BCUT2D eigenvalue weighted by Crippen LogP contribution is 2.47. The Balaban J connectivity index is 2.02. The number of aliphatic hydroxyl groups is 1. The molecule has 0 spiro atoms. The number of ketones is 1. The number of methoxy groups -OCH3 is 2. The van der Waals surface area contributed by atoms with Crippen LogP contribution < -0.4 is 14.4 Å². The summed E-state index contributed by atoms with van der Waals surface area (Å²) in [6, 6.07) is 8.48. The molecule has 1 aromatic heterocycles. The van der Waals surface area contributed by atoms with Gasteiger partial charge in [0, 0.05) is 16.6 Å². The molecule has 3 aromatic rings. The maximum absolute atomic E-state index is 14.0. The van der Waals surface area contributed by atoms with Crippen molar-refractivity contribution in [3.8, 4) is 11.5 Å². The van der Waals surface area contributed by atoms with Gasteiger partial charge in [-0.15, -0.1) is 11.3 Å². The van der Waals surface area contributed by atoms with Crippen LogP contribution in [0.5, 0.6) is 11.5 Å². The Morgan fingerprint density at radius 3 is 2.24 bits per heavy atom. The summed E-state index contributed by atoms with van der Waals surface area (Å²) < 4.78 is 38.3. The second-order valence-corrected chi connectivity index (χ2v) is 8.22.